The van der Waals surface area contributed by atoms with Crippen LogP contribution >= 0.6 is 34.9 Å². The Kier molecular flexibility index (Phi) is 8.50. The second kappa shape index (κ2) is 12.2. The van der Waals surface area contributed by atoms with Crippen molar-refractivity contribution in [3.63, 3.8) is 0 Å². The topological polar surface area (TPSA) is 194 Å². The fourth-order valence-corrected chi connectivity index (χ4v) is 7.01. The molecule has 2 aliphatic heterocycles. The van der Waals surface area contributed by atoms with Crippen LogP contribution in [0.5, 0.6) is 5.19 Å². The van der Waals surface area contributed by atoms with Gasteiger partial charge in [-0.1, -0.05) is 53.4 Å². The van der Waals surface area contributed by atoms with Gasteiger partial charge >= 0.3 is 5.97 Å². The number of aliphatic carboxylic acids is 1. The number of carbonyl (C=O) groups is 4. The van der Waals surface area contributed by atoms with Crippen molar-refractivity contribution in [2.24, 2.45) is 7.05 Å². The van der Waals surface area contributed by atoms with Gasteiger partial charge in [0.25, 0.3) is 17.0 Å². The van der Waals surface area contributed by atoms with E-state index in [0.717, 1.165) is 0 Å². The van der Waals surface area contributed by atoms with Crippen molar-refractivity contribution in [3.8, 4) is 5.19 Å². The highest BCUT2D eigenvalue weighted by molar-refractivity contribution is 8.01. The first-order chi connectivity index (χ1) is 19.7. The zero-order valence-electron chi connectivity index (χ0n) is 21.6. The molecule has 0 saturated carbocycles. The lowest BCUT2D eigenvalue weighted by Crippen LogP contribution is -2.71. The van der Waals surface area contributed by atoms with E-state index in [1.165, 1.54) is 44.4 Å². The smallest absolute Gasteiger partial charge is 0.352 e. The lowest BCUT2D eigenvalue weighted by atomic mass is 10.0. The molecule has 3 atom stereocenters. The molecule has 1 aromatic carbocycles. The summed E-state index contributed by atoms with van der Waals surface area (Å²) in [5.74, 6) is -2.37. The van der Waals surface area contributed by atoms with E-state index in [-0.39, 0.29) is 16.6 Å². The minimum Gasteiger partial charge on any atom is -0.477 e. The Morgan fingerprint density at radius 3 is 2.66 bits per heavy atom. The van der Waals surface area contributed by atoms with Crippen molar-refractivity contribution in [1.29, 1.82) is 0 Å². The summed E-state index contributed by atoms with van der Waals surface area (Å²) in [7, 11) is 1.67. The third-order valence-electron chi connectivity index (χ3n) is 6.04. The lowest BCUT2D eigenvalue weighted by Gasteiger charge is -2.49. The van der Waals surface area contributed by atoms with Gasteiger partial charge in [0, 0.05) is 18.6 Å². The summed E-state index contributed by atoms with van der Waals surface area (Å²) in [5, 5.41) is 34.9. The van der Waals surface area contributed by atoms with Gasteiger partial charge in [0.1, 0.15) is 28.2 Å². The summed E-state index contributed by atoms with van der Waals surface area (Å²) in [6.07, 6.45) is 0. The number of ether oxygens (including phenoxy) is 1. The molecular weight excluding hydrogens is 595 g/mol. The Balaban J connectivity index is 1.26. The molecule has 3 N–H and O–H groups in total. The predicted molar refractivity (Wildman–Crippen MR) is 147 cm³/mol. The molecule has 4 heterocycles. The number of nitrogens with one attached hydrogen (secondary N) is 2. The van der Waals surface area contributed by atoms with E-state index < -0.39 is 47.8 Å². The second-order valence-electron chi connectivity index (χ2n) is 8.81. The number of carboxylic acids is 1. The number of aromatic nitrogens is 6. The Morgan fingerprint density at radius 1 is 1.22 bits per heavy atom. The van der Waals surface area contributed by atoms with Gasteiger partial charge in [0.05, 0.1) is 0 Å². The molecule has 0 spiro atoms. The fourth-order valence-electron chi connectivity index (χ4n) is 4.14. The zero-order valence-corrected chi connectivity index (χ0v) is 24.0. The van der Waals surface area contributed by atoms with Crippen LogP contribution in [0.2, 0.25) is 0 Å². The SMILES string of the molecule is Cc1nnc(OCC(=O)N[C@@H](C(=O)NC2C(=O)N3C(C(=O)O)=C(CSc4nnnn4C)CS[C@H]23)c2ccccc2)s1. The van der Waals surface area contributed by atoms with Crippen LogP contribution in [0.15, 0.2) is 46.8 Å². The quantitative estimate of drug-likeness (QED) is 0.194. The molecule has 0 radical (unpaired) electrons. The minimum absolute atomic E-state index is 0.108. The molecule has 0 bridgehead atoms. The first kappa shape index (κ1) is 28.5. The standard InChI is InChI=1S/C23H23N9O6S3/c1-11-26-28-23(41-11)38-8-14(33)24-15(12-6-4-3-5-7-12)18(34)25-16-19(35)32-17(21(36)37)13(9-39-20(16)32)10-40-22-27-29-30-31(22)2/h3-7,15-16,20H,8-10H2,1-2H3,(H,24,33)(H,25,34)(H,36,37)/t15-,16?,20-/m1/s1. The molecule has 1 saturated heterocycles. The highest BCUT2D eigenvalue weighted by atomic mass is 32.2. The summed E-state index contributed by atoms with van der Waals surface area (Å²) in [4.78, 5) is 52.6. The van der Waals surface area contributed by atoms with Gasteiger partial charge in [-0.25, -0.2) is 9.48 Å². The molecule has 2 aliphatic rings. The van der Waals surface area contributed by atoms with Crippen molar-refractivity contribution >= 4 is 58.6 Å². The number of tetrazole rings is 1. The predicted octanol–water partition coefficient (Wildman–Crippen LogP) is 0.137. The van der Waals surface area contributed by atoms with Gasteiger partial charge < -0.3 is 20.5 Å². The van der Waals surface area contributed by atoms with E-state index in [1.807, 2.05) is 0 Å². The maximum atomic E-state index is 13.4. The third-order valence-corrected chi connectivity index (χ3v) is 9.23. The number of aryl methyl sites for hydroxylation is 2. The molecule has 1 unspecified atom stereocenters. The van der Waals surface area contributed by atoms with Crippen LogP contribution in [-0.4, -0.2) is 93.6 Å². The fraction of sp³-hybridized carbons (Fsp3) is 0.348. The number of carboxylic acid groups (broad SMARTS) is 1. The van der Waals surface area contributed by atoms with Gasteiger partial charge in [-0.2, -0.15) is 0 Å². The third kappa shape index (κ3) is 6.18. The van der Waals surface area contributed by atoms with Crippen LogP contribution < -0.4 is 15.4 Å². The van der Waals surface area contributed by atoms with E-state index in [0.29, 0.717) is 27.1 Å². The summed E-state index contributed by atoms with van der Waals surface area (Å²) < 4.78 is 6.83. The normalized spacial score (nSPS) is 18.8. The number of nitrogens with zero attached hydrogens (tertiary/aromatic N) is 7. The highest BCUT2D eigenvalue weighted by Gasteiger charge is 2.54. The number of fused-ring (bicyclic) bond motifs is 1. The number of benzene rings is 1. The molecule has 18 heteroatoms. The first-order valence-corrected chi connectivity index (χ1v) is 14.9. The molecule has 3 amide bonds. The van der Waals surface area contributed by atoms with E-state index >= 15 is 0 Å². The Bertz CT molecular complexity index is 1510. The van der Waals surface area contributed by atoms with E-state index in [9.17, 15) is 24.3 Å². The molecule has 5 rings (SSSR count). The van der Waals surface area contributed by atoms with Crippen LogP contribution in [0.25, 0.3) is 0 Å². The molecule has 15 nitrogen and oxygen atoms in total. The zero-order chi connectivity index (χ0) is 29.1. The molecule has 1 fully saturated rings. The average molecular weight is 618 g/mol. The van der Waals surface area contributed by atoms with Crippen LogP contribution in [-0.2, 0) is 26.2 Å². The van der Waals surface area contributed by atoms with Gasteiger partial charge in [0.2, 0.25) is 11.1 Å². The maximum absolute atomic E-state index is 13.4. The lowest BCUT2D eigenvalue weighted by molar-refractivity contribution is -0.151. The monoisotopic (exact) mass is 617 g/mol. The highest BCUT2D eigenvalue weighted by Crippen LogP contribution is 2.41. The van der Waals surface area contributed by atoms with Crippen molar-refractivity contribution in [1.82, 2.24) is 45.9 Å². The van der Waals surface area contributed by atoms with Gasteiger partial charge in [-0.3, -0.25) is 19.3 Å². The van der Waals surface area contributed by atoms with E-state index in [4.69, 9.17) is 4.74 Å². The van der Waals surface area contributed by atoms with Gasteiger partial charge in [-0.05, 0) is 28.5 Å². The molecule has 2 aromatic heterocycles. The largest absolute Gasteiger partial charge is 0.477 e. The molecule has 0 aliphatic carbocycles. The molecular formula is C23H23N9O6S3. The van der Waals surface area contributed by atoms with Crippen molar-refractivity contribution in [2.45, 2.75) is 29.5 Å². The Morgan fingerprint density at radius 2 is 2.00 bits per heavy atom. The maximum Gasteiger partial charge on any atom is 0.352 e. The van der Waals surface area contributed by atoms with Crippen LogP contribution in [0.4, 0.5) is 0 Å². The first-order valence-electron chi connectivity index (χ1n) is 12.1. The molecule has 3 aromatic rings. The second-order valence-corrected chi connectivity index (χ2v) is 12.0. The van der Waals surface area contributed by atoms with Crippen molar-refractivity contribution in [2.75, 3.05) is 18.1 Å². The number of hydrogen-bond donors (Lipinski definition) is 3. The average Bonchev–Trinajstić information content (AvgIpc) is 3.58. The number of hydrogen-bond acceptors (Lipinski definition) is 13. The van der Waals surface area contributed by atoms with E-state index in [2.05, 4.69) is 36.4 Å². The minimum atomic E-state index is -1.24. The summed E-state index contributed by atoms with van der Waals surface area (Å²) in [6.45, 7) is 1.36. The van der Waals surface area contributed by atoms with E-state index in [1.54, 1.807) is 44.3 Å². The van der Waals surface area contributed by atoms with Gasteiger partial charge in [-0.15, -0.1) is 27.1 Å². The number of thioether (sulfide) groups is 2. The molecule has 214 valence electrons. The van der Waals surface area contributed by atoms with Crippen LogP contribution in [0, 0.1) is 6.92 Å². The van der Waals surface area contributed by atoms with Crippen LogP contribution in [0.1, 0.15) is 16.6 Å². The number of rotatable bonds is 11. The van der Waals surface area contributed by atoms with Gasteiger partial charge in [0.15, 0.2) is 6.61 Å². The Hall–Kier alpha value is -4.03. The summed E-state index contributed by atoms with van der Waals surface area (Å²) in [6, 6.07) is 6.45. The van der Waals surface area contributed by atoms with Crippen molar-refractivity contribution < 1.29 is 29.0 Å². The summed E-state index contributed by atoms with van der Waals surface area (Å²) in [5.41, 5.74) is 0.933. The summed E-state index contributed by atoms with van der Waals surface area (Å²) >= 11 is 3.79. The number of carbonyl (C=O) groups excluding carboxylic acids is 3. The number of amides is 3. The molecule has 41 heavy (non-hydrogen) atoms. The Labute approximate surface area is 245 Å². The number of β-lactam (4-membered cyclic amide) rings is 1. The van der Waals surface area contributed by atoms with Crippen LogP contribution in [0.3, 0.4) is 0 Å². The van der Waals surface area contributed by atoms with Crippen molar-refractivity contribution in [3.05, 3.63) is 52.2 Å².